The molecule has 5 nitrogen and oxygen atoms in total. The number of alkyl halides is 3. The van der Waals surface area contributed by atoms with Crippen LogP contribution in [0.4, 0.5) is 13.2 Å². The highest BCUT2D eigenvalue weighted by Crippen LogP contribution is 2.19. The molecule has 2 N–H and O–H groups in total. The van der Waals surface area contributed by atoms with Crippen LogP contribution >= 0.6 is 24.0 Å². The lowest BCUT2D eigenvalue weighted by molar-refractivity contribution is -0.154. The van der Waals surface area contributed by atoms with Gasteiger partial charge in [-0.2, -0.15) is 13.2 Å². The number of aromatic nitrogens is 1. The minimum atomic E-state index is -4.39. The molecular formula is C14H22F3IN4O. The van der Waals surface area contributed by atoms with Crippen molar-refractivity contribution in [3.8, 4) is 5.88 Å². The van der Waals surface area contributed by atoms with Gasteiger partial charge in [0.15, 0.2) is 12.6 Å². The molecular weight excluding hydrogens is 424 g/mol. The van der Waals surface area contributed by atoms with Gasteiger partial charge >= 0.3 is 6.18 Å². The number of nitrogens with zero attached hydrogens (tertiary/aromatic N) is 2. The van der Waals surface area contributed by atoms with E-state index in [4.69, 9.17) is 4.74 Å². The van der Waals surface area contributed by atoms with Crippen LogP contribution < -0.4 is 15.4 Å². The number of pyridine rings is 1. The molecule has 0 aliphatic rings. The maximum absolute atomic E-state index is 12.2. The van der Waals surface area contributed by atoms with Crippen molar-refractivity contribution in [1.82, 2.24) is 15.6 Å². The highest BCUT2D eigenvalue weighted by Gasteiger charge is 2.29. The van der Waals surface area contributed by atoms with Crippen molar-refractivity contribution in [2.75, 3.05) is 20.2 Å². The number of hydrogen-bond donors (Lipinski definition) is 2. The molecule has 1 heterocycles. The van der Waals surface area contributed by atoms with Crippen molar-refractivity contribution >= 4 is 29.9 Å². The summed E-state index contributed by atoms with van der Waals surface area (Å²) in [6, 6.07) is 3.29. The Morgan fingerprint density at radius 1 is 1.35 bits per heavy atom. The summed E-state index contributed by atoms with van der Waals surface area (Å²) in [7, 11) is 1.62. The minimum Gasteiger partial charge on any atom is -0.468 e. The molecule has 0 atom stereocenters. The molecule has 0 unspecified atom stereocenters. The molecule has 0 aliphatic heterocycles. The predicted molar refractivity (Wildman–Crippen MR) is 94.2 cm³/mol. The average Bonchev–Trinajstić information content (AvgIpc) is 2.45. The molecule has 0 aliphatic carbocycles. The fourth-order valence-electron chi connectivity index (χ4n) is 1.54. The summed E-state index contributed by atoms with van der Waals surface area (Å²) in [5, 5.41) is 6.13. The zero-order valence-electron chi connectivity index (χ0n) is 13.3. The van der Waals surface area contributed by atoms with E-state index in [2.05, 4.69) is 34.5 Å². The van der Waals surface area contributed by atoms with Gasteiger partial charge in [0, 0.05) is 31.9 Å². The second-order valence-electron chi connectivity index (χ2n) is 5.07. The molecule has 1 aromatic rings. The number of nitrogens with one attached hydrogen (secondary N) is 2. The molecule has 23 heavy (non-hydrogen) atoms. The normalized spacial score (nSPS) is 11.9. The summed E-state index contributed by atoms with van der Waals surface area (Å²) in [6.07, 6.45) is -3.00. The summed E-state index contributed by atoms with van der Waals surface area (Å²) in [5.41, 5.74) is 0.527. The predicted octanol–water partition coefficient (Wildman–Crippen LogP) is 2.96. The first-order valence-corrected chi connectivity index (χ1v) is 6.89. The van der Waals surface area contributed by atoms with E-state index in [1.54, 1.807) is 19.2 Å². The lowest BCUT2D eigenvalue weighted by Crippen LogP contribution is -2.38. The molecule has 0 saturated carbocycles. The zero-order chi connectivity index (χ0) is 16.6. The molecule has 0 amide bonds. The molecule has 132 valence electrons. The van der Waals surface area contributed by atoms with E-state index in [1.807, 2.05) is 0 Å². The van der Waals surface area contributed by atoms with Gasteiger partial charge in [-0.05, 0) is 12.0 Å². The summed E-state index contributed by atoms with van der Waals surface area (Å²) in [5.74, 6) is 0.980. The number of guanidine groups is 1. The van der Waals surface area contributed by atoms with E-state index in [9.17, 15) is 13.2 Å². The summed E-state index contributed by atoms with van der Waals surface area (Å²) in [6.45, 7) is 3.76. The highest BCUT2D eigenvalue weighted by atomic mass is 127. The average molecular weight is 446 g/mol. The van der Waals surface area contributed by atoms with Crippen LogP contribution in [0.15, 0.2) is 23.3 Å². The quantitative estimate of drug-likeness (QED) is 0.401. The fraction of sp³-hybridized carbons (Fsp3) is 0.571. The summed E-state index contributed by atoms with van der Waals surface area (Å²) >= 11 is 0. The van der Waals surface area contributed by atoms with Crippen LogP contribution in [0.1, 0.15) is 19.4 Å². The Morgan fingerprint density at radius 2 is 2.04 bits per heavy atom. The van der Waals surface area contributed by atoms with Gasteiger partial charge in [-0.25, -0.2) is 4.98 Å². The number of ether oxygens (including phenoxy) is 1. The van der Waals surface area contributed by atoms with Crippen LogP contribution in [-0.4, -0.2) is 37.3 Å². The molecule has 0 saturated heterocycles. The molecule has 1 rings (SSSR count). The lowest BCUT2D eigenvalue weighted by Gasteiger charge is -2.15. The SMILES string of the molecule is CN=C(NCc1cccnc1OCC(F)(F)F)NCC(C)C.I. The first-order valence-electron chi connectivity index (χ1n) is 6.89. The first kappa shape index (κ1) is 21.7. The summed E-state index contributed by atoms with van der Waals surface area (Å²) in [4.78, 5) is 7.88. The Hall–Kier alpha value is -1.26. The van der Waals surface area contributed by atoms with Crippen LogP contribution in [0.2, 0.25) is 0 Å². The Bertz CT molecular complexity index is 495. The van der Waals surface area contributed by atoms with Crippen molar-refractivity contribution in [1.29, 1.82) is 0 Å². The van der Waals surface area contributed by atoms with Gasteiger partial charge in [0.05, 0.1) is 0 Å². The van der Waals surface area contributed by atoms with Gasteiger partial charge in [-0.3, -0.25) is 4.99 Å². The van der Waals surface area contributed by atoms with Crippen molar-refractivity contribution in [2.45, 2.75) is 26.6 Å². The van der Waals surface area contributed by atoms with Gasteiger partial charge in [0.2, 0.25) is 5.88 Å². The molecule has 0 radical (unpaired) electrons. The molecule has 0 fully saturated rings. The largest absolute Gasteiger partial charge is 0.468 e. The fourth-order valence-corrected chi connectivity index (χ4v) is 1.54. The minimum absolute atomic E-state index is 0. The van der Waals surface area contributed by atoms with Crippen molar-refractivity contribution < 1.29 is 17.9 Å². The Balaban J connectivity index is 0.00000484. The monoisotopic (exact) mass is 446 g/mol. The number of aliphatic imine (C=N–C) groups is 1. The maximum Gasteiger partial charge on any atom is 0.422 e. The van der Waals surface area contributed by atoms with E-state index in [-0.39, 0.29) is 36.4 Å². The molecule has 1 aromatic heterocycles. The third kappa shape index (κ3) is 9.47. The number of rotatable bonds is 6. The van der Waals surface area contributed by atoms with E-state index in [0.29, 0.717) is 17.4 Å². The number of hydrogen-bond acceptors (Lipinski definition) is 3. The van der Waals surface area contributed by atoms with Crippen molar-refractivity contribution in [3.63, 3.8) is 0 Å². The second kappa shape index (κ2) is 10.5. The third-order valence-electron chi connectivity index (χ3n) is 2.57. The van der Waals surface area contributed by atoms with Crippen molar-refractivity contribution in [3.05, 3.63) is 23.9 Å². The van der Waals surface area contributed by atoms with Crippen LogP contribution in [-0.2, 0) is 6.54 Å². The smallest absolute Gasteiger partial charge is 0.422 e. The zero-order valence-corrected chi connectivity index (χ0v) is 15.6. The van der Waals surface area contributed by atoms with Gasteiger partial charge in [0.25, 0.3) is 0 Å². The van der Waals surface area contributed by atoms with E-state index in [1.165, 1.54) is 6.20 Å². The number of halogens is 4. The Kier molecular flexibility index (Phi) is 9.93. The van der Waals surface area contributed by atoms with E-state index >= 15 is 0 Å². The van der Waals surface area contributed by atoms with Crippen LogP contribution in [0.5, 0.6) is 5.88 Å². The van der Waals surface area contributed by atoms with Gasteiger partial charge in [-0.15, -0.1) is 24.0 Å². The molecule has 0 bridgehead atoms. The Labute approximate surface area is 151 Å². The third-order valence-corrected chi connectivity index (χ3v) is 2.57. The second-order valence-corrected chi connectivity index (χ2v) is 5.07. The lowest BCUT2D eigenvalue weighted by atomic mass is 10.2. The molecule has 9 heteroatoms. The van der Waals surface area contributed by atoms with E-state index in [0.717, 1.165) is 6.54 Å². The molecule has 0 spiro atoms. The van der Waals surface area contributed by atoms with Crippen LogP contribution in [0.3, 0.4) is 0 Å². The summed E-state index contributed by atoms with van der Waals surface area (Å²) < 4.78 is 41.4. The van der Waals surface area contributed by atoms with Gasteiger partial charge in [0.1, 0.15) is 0 Å². The first-order chi connectivity index (χ1) is 10.3. The molecule has 0 aromatic carbocycles. The van der Waals surface area contributed by atoms with Crippen LogP contribution in [0, 0.1) is 5.92 Å². The van der Waals surface area contributed by atoms with Gasteiger partial charge in [-0.1, -0.05) is 19.9 Å². The van der Waals surface area contributed by atoms with Gasteiger partial charge < -0.3 is 15.4 Å². The van der Waals surface area contributed by atoms with Crippen LogP contribution in [0.25, 0.3) is 0 Å². The topological polar surface area (TPSA) is 58.5 Å². The van der Waals surface area contributed by atoms with E-state index < -0.39 is 12.8 Å². The Morgan fingerprint density at radius 3 is 2.61 bits per heavy atom. The maximum atomic E-state index is 12.2. The van der Waals surface area contributed by atoms with Crippen molar-refractivity contribution in [2.24, 2.45) is 10.9 Å². The standard InChI is InChI=1S/C14H21F3N4O.HI/c1-10(2)7-20-13(18-3)21-8-11-5-4-6-19-12(11)22-9-14(15,16)17;/h4-6,10H,7-9H2,1-3H3,(H2,18,20,21);1H. The highest BCUT2D eigenvalue weighted by molar-refractivity contribution is 14.0.